The van der Waals surface area contributed by atoms with Crippen LogP contribution >= 0.6 is 0 Å². The molecular formula is C56H87NO15. The van der Waals surface area contributed by atoms with E-state index < -0.39 is 114 Å². The number of methoxy groups -OCH3 is 2. The van der Waals surface area contributed by atoms with Gasteiger partial charge in [-0.3, -0.25) is 24.0 Å². The van der Waals surface area contributed by atoms with Crippen molar-refractivity contribution in [2.75, 3.05) is 34.0 Å². The van der Waals surface area contributed by atoms with Gasteiger partial charge >= 0.3 is 11.9 Å². The second-order valence-corrected chi connectivity index (χ2v) is 22.0. The van der Waals surface area contributed by atoms with Crippen molar-refractivity contribution in [3.05, 3.63) is 47.6 Å². The number of ketones is 3. The van der Waals surface area contributed by atoms with E-state index in [4.69, 9.17) is 23.7 Å². The number of hydrogen-bond donors (Lipinski definition) is 4. The molecule has 2 unspecified atom stereocenters. The third-order valence-electron chi connectivity index (χ3n) is 16.0. The molecule has 3 aliphatic heterocycles. The summed E-state index contributed by atoms with van der Waals surface area (Å²) in [7, 11) is 3.08. The number of aliphatic hydroxyl groups excluding tert-OH is 3. The van der Waals surface area contributed by atoms with E-state index in [-0.39, 0.29) is 48.7 Å². The fraction of sp³-hybridized carbons (Fsp3) is 0.750. The zero-order chi connectivity index (χ0) is 53.7. The number of amides is 1. The van der Waals surface area contributed by atoms with Gasteiger partial charge in [-0.05, 0) is 114 Å². The van der Waals surface area contributed by atoms with Gasteiger partial charge in [0.15, 0.2) is 0 Å². The van der Waals surface area contributed by atoms with Crippen molar-refractivity contribution in [1.82, 2.24) is 4.90 Å². The normalized spacial score (nSPS) is 37.8. The van der Waals surface area contributed by atoms with Crippen LogP contribution in [0.3, 0.4) is 0 Å². The number of ether oxygens (including phenoxy) is 5. The van der Waals surface area contributed by atoms with Gasteiger partial charge in [0.2, 0.25) is 5.79 Å². The quantitative estimate of drug-likeness (QED) is 0.112. The molecule has 15 atom stereocenters. The van der Waals surface area contributed by atoms with Gasteiger partial charge in [0.25, 0.3) is 11.7 Å². The Labute approximate surface area is 428 Å². The monoisotopic (exact) mass is 1010 g/mol. The van der Waals surface area contributed by atoms with Gasteiger partial charge in [-0.1, -0.05) is 78.0 Å². The molecule has 1 saturated carbocycles. The highest BCUT2D eigenvalue weighted by atomic mass is 16.6. The van der Waals surface area contributed by atoms with Crippen molar-refractivity contribution < 1.29 is 72.9 Å². The first-order chi connectivity index (χ1) is 33.9. The molecule has 1 amide bonds. The molecule has 3 heterocycles. The highest BCUT2D eigenvalue weighted by Crippen LogP contribution is 2.38. The fourth-order valence-corrected chi connectivity index (χ4v) is 10.8. The minimum Gasteiger partial charge on any atom is -0.460 e. The maximum absolute atomic E-state index is 14.5. The van der Waals surface area contributed by atoms with Crippen LogP contribution in [0.2, 0.25) is 0 Å². The average molecular weight is 1010 g/mol. The van der Waals surface area contributed by atoms with Gasteiger partial charge in [0, 0.05) is 57.3 Å². The highest BCUT2D eigenvalue weighted by molar-refractivity contribution is 6.39. The van der Waals surface area contributed by atoms with Crippen LogP contribution in [0.1, 0.15) is 139 Å². The number of carbonyl (C=O) groups excluding carboxylic acids is 6. The first kappa shape index (κ1) is 60.7. The average Bonchev–Trinajstić information content (AvgIpc) is 3.36. The van der Waals surface area contributed by atoms with Crippen molar-refractivity contribution in [3.8, 4) is 0 Å². The number of nitrogens with zero attached hydrogens (tertiary/aromatic N) is 1. The lowest BCUT2D eigenvalue weighted by molar-refractivity contribution is -0.265. The second kappa shape index (κ2) is 27.6. The predicted molar refractivity (Wildman–Crippen MR) is 270 cm³/mol. The van der Waals surface area contributed by atoms with Crippen LogP contribution < -0.4 is 0 Å². The fourth-order valence-electron chi connectivity index (χ4n) is 10.8. The Bertz CT molecular complexity index is 1990. The van der Waals surface area contributed by atoms with Gasteiger partial charge < -0.3 is 49.0 Å². The van der Waals surface area contributed by atoms with E-state index in [1.807, 2.05) is 58.1 Å². The van der Waals surface area contributed by atoms with Crippen LogP contribution in [0.25, 0.3) is 0 Å². The summed E-state index contributed by atoms with van der Waals surface area (Å²) in [5, 5.41) is 43.0. The lowest BCUT2D eigenvalue weighted by Gasteiger charge is -2.42. The zero-order valence-corrected chi connectivity index (χ0v) is 44.9. The van der Waals surface area contributed by atoms with Gasteiger partial charge in [-0.25, -0.2) is 4.79 Å². The van der Waals surface area contributed by atoms with Crippen LogP contribution in [-0.4, -0.2) is 143 Å². The number of piperidine rings is 1. The largest absolute Gasteiger partial charge is 0.460 e. The van der Waals surface area contributed by atoms with Crippen LogP contribution in [0.5, 0.6) is 0 Å². The first-order valence-electron chi connectivity index (χ1n) is 26.3. The Hall–Kier alpha value is -3.90. The van der Waals surface area contributed by atoms with Gasteiger partial charge in [0.05, 0.1) is 37.6 Å². The minimum absolute atomic E-state index is 0.0242. The molecule has 0 spiro atoms. The zero-order valence-electron chi connectivity index (χ0n) is 44.9. The molecule has 406 valence electrons. The standard InChI is InChI=1S/C56H87NO15/c1-33-17-13-12-14-18-34(2)46(68-10)29-42-22-20-39(7)56(67,72-42)51(63)52(64)57-24-16-15-19-43(57)53(65)70-47(30-44(60)35(3)26-38(6)50(62)40(8)49(61)37(5)25-33)36(4)27-41-21-23-45(48(28-41)69-11)71-54(66)55(9,31-58)32-59/h12-14,17-18,26,33,35-37,39-43,45-48,50,58-59,62,67H,15-16,19-25,27-32H2,1-11H3/b14-12+,17-13+,34-18+,38-26+/t33-,35-,36-,37-,39-,40+,41?,42+,43+,45-,46?,47+,48-,50-,56-/m1/s1. The molecule has 0 aromatic rings. The molecular weight excluding hydrogens is 927 g/mol. The molecule has 1 aliphatic carbocycles. The summed E-state index contributed by atoms with van der Waals surface area (Å²) in [6.45, 7) is 14.7. The molecule has 2 saturated heterocycles. The number of aliphatic hydroxyl groups is 4. The van der Waals surface area contributed by atoms with Crippen molar-refractivity contribution in [2.45, 2.75) is 188 Å². The third kappa shape index (κ3) is 15.6. The number of esters is 2. The Balaban J connectivity index is 1.68. The molecule has 4 aliphatic rings. The maximum Gasteiger partial charge on any atom is 0.329 e. The molecule has 4 rings (SSSR count). The minimum atomic E-state index is -2.46. The topological polar surface area (TPSA) is 233 Å². The van der Waals surface area contributed by atoms with E-state index >= 15 is 0 Å². The molecule has 16 heteroatoms. The maximum atomic E-state index is 14.5. The molecule has 0 aromatic heterocycles. The predicted octanol–water partition coefficient (Wildman–Crippen LogP) is 6.34. The van der Waals surface area contributed by atoms with E-state index in [0.29, 0.717) is 69.8 Å². The molecule has 3 fully saturated rings. The van der Waals surface area contributed by atoms with Crippen LogP contribution in [0, 0.1) is 46.8 Å². The second-order valence-electron chi connectivity index (χ2n) is 22.0. The van der Waals surface area contributed by atoms with Crippen LogP contribution in [-0.2, 0) is 52.5 Å². The molecule has 0 radical (unpaired) electrons. The molecule has 72 heavy (non-hydrogen) atoms. The third-order valence-corrected chi connectivity index (χ3v) is 16.0. The van der Waals surface area contributed by atoms with Gasteiger partial charge in [-0.2, -0.15) is 0 Å². The first-order valence-corrected chi connectivity index (χ1v) is 26.3. The van der Waals surface area contributed by atoms with E-state index in [1.54, 1.807) is 40.9 Å². The molecule has 4 N–H and O–H groups in total. The number of Topliss-reactive ketones (excluding diaryl/α,β-unsaturated/α-hetero) is 3. The van der Waals surface area contributed by atoms with Gasteiger partial charge in [0.1, 0.15) is 35.2 Å². The van der Waals surface area contributed by atoms with E-state index in [2.05, 4.69) is 0 Å². The van der Waals surface area contributed by atoms with Crippen molar-refractivity contribution in [1.29, 1.82) is 0 Å². The van der Waals surface area contributed by atoms with E-state index in [1.165, 1.54) is 18.9 Å². The summed E-state index contributed by atoms with van der Waals surface area (Å²) in [6.07, 6.45) is 11.6. The molecule has 2 bridgehead atoms. The summed E-state index contributed by atoms with van der Waals surface area (Å²) in [5.41, 5.74) is -0.151. The Morgan fingerprint density at radius 3 is 2.22 bits per heavy atom. The van der Waals surface area contributed by atoms with Gasteiger partial charge in [-0.15, -0.1) is 0 Å². The number of rotatable bonds is 9. The Kier molecular flexibility index (Phi) is 23.2. The summed E-state index contributed by atoms with van der Waals surface area (Å²) < 4.78 is 29.9. The Morgan fingerprint density at radius 2 is 1.57 bits per heavy atom. The number of cyclic esters (lactones) is 1. The summed E-state index contributed by atoms with van der Waals surface area (Å²) >= 11 is 0. The van der Waals surface area contributed by atoms with Crippen LogP contribution in [0.15, 0.2) is 47.6 Å². The number of fused-ring (bicyclic) bond motifs is 3. The highest BCUT2D eigenvalue weighted by Gasteiger charge is 2.53. The van der Waals surface area contributed by atoms with Crippen LogP contribution in [0.4, 0.5) is 0 Å². The van der Waals surface area contributed by atoms with E-state index in [0.717, 1.165) is 5.57 Å². The SMILES string of the molecule is COC1C[C@@H]2CC[C@@H](C)[C@@](O)(O2)C(=O)C(=O)N2CCCC[C@H]2C(=O)O[C@H]([C@H](C)CC2CC[C@@H](OC(=O)C(C)(CO)CO)[C@H](OC)C2)CC(=O)[C@H](C)/C=C(\C)[C@@H](O)[C@@H](C)C(=O)[C@H](C)C[C@H](C)/C=C/C=C/C=C/1C. The van der Waals surface area contributed by atoms with Crippen molar-refractivity contribution >= 4 is 35.2 Å². The number of allylic oxidation sites excluding steroid dienone is 6. The lowest BCUT2D eigenvalue weighted by Crippen LogP contribution is -2.61. The van der Waals surface area contributed by atoms with Crippen molar-refractivity contribution in [3.63, 3.8) is 0 Å². The van der Waals surface area contributed by atoms with E-state index in [9.17, 15) is 49.2 Å². The lowest BCUT2D eigenvalue weighted by atomic mass is 9.78. The summed E-state index contributed by atoms with van der Waals surface area (Å²) in [4.78, 5) is 85.2. The molecule has 0 aromatic carbocycles. The van der Waals surface area contributed by atoms with Crippen molar-refractivity contribution in [2.24, 2.45) is 46.8 Å². The number of hydrogen-bond acceptors (Lipinski definition) is 15. The summed E-state index contributed by atoms with van der Waals surface area (Å²) in [6, 6.07) is -1.19. The molecule has 16 nitrogen and oxygen atoms in total. The number of carbonyl (C=O) groups is 6. The Morgan fingerprint density at radius 1 is 0.875 bits per heavy atom. The smallest absolute Gasteiger partial charge is 0.329 e. The summed E-state index contributed by atoms with van der Waals surface area (Å²) in [5.74, 6) is -9.57.